The zero-order chi connectivity index (χ0) is 23.5. The number of aromatic nitrogens is 3. The van der Waals surface area contributed by atoms with Gasteiger partial charge in [-0.2, -0.15) is 14.9 Å². The van der Waals surface area contributed by atoms with Crippen LogP contribution in [0.25, 0.3) is 0 Å². The number of hydrogen-bond donors (Lipinski definition) is 0. The fourth-order valence-corrected chi connectivity index (χ4v) is 4.64. The van der Waals surface area contributed by atoms with E-state index in [1.165, 1.54) is 10.5 Å². The molecule has 2 aliphatic heterocycles. The van der Waals surface area contributed by atoms with E-state index in [0.717, 1.165) is 49.1 Å². The van der Waals surface area contributed by atoms with Gasteiger partial charge >= 0.3 is 0 Å². The van der Waals surface area contributed by atoms with Crippen LogP contribution in [0.4, 0.5) is 0 Å². The molecule has 0 unspecified atom stereocenters. The topological polar surface area (TPSA) is 60.1 Å². The average molecular weight is 497 g/mol. The van der Waals surface area contributed by atoms with Crippen LogP contribution >= 0.6 is 24.0 Å². The van der Waals surface area contributed by atoms with Crippen LogP contribution < -0.4 is 9.47 Å². The zero-order valence-electron chi connectivity index (χ0n) is 19.4. The van der Waals surface area contributed by atoms with Crippen molar-refractivity contribution in [1.82, 2.24) is 24.3 Å². The van der Waals surface area contributed by atoms with E-state index in [2.05, 4.69) is 47.4 Å². The molecule has 3 heterocycles. The first kappa shape index (κ1) is 23.1. The molecule has 0 saturated carbocycles. The summed E-state index contributed by atoms with van der Waals surface area (Å²) >= 11 is 7.55. The molecule has 1 aromatic heterocycles. The molecular formula is C24H28N6O2S2. The van der Waals surface area contributed by atoms with Crippen LogP contribution in [0.1, 0.15) is 17.0 Å². The summed E-state index contributed by atoms with van der Waals surface area (Å²) in [6.45, 7) is 5.00. The summed E-state index contributed by atoms with van der Waals surface area (Å²) in [6.07, 6.45) is 4.52. The molecule has 0 atom stereocenters. The van der Waals surface area contributed by atoms with Crippen LogP contribution in [0.5, 0.6) is 11.5 Å². The van der Waals surface area contributed by atoms with Gasteiger partial charge in [0.05, 0.1) is 12.9 Å². The van der Waals surface area contributed by atoms with Gasteiger partial charge in [0.25, 0.3) is 0 Å². The van der Waals surface area contributed by atoms with E-state index in [1.807, 2.05) is 22.9 Å². The molecule has 0 N–H and O–H groups in total. The molecule has 178 valence electrons. The zero-order valence-corrected chi connectivity index (χ0v) is 21.0. The van der Waals surface area contributed by atoms with Crippen LogP contribution in [-0.4, -0.2) is 76.7 Å². The first-order valence-corrected chi connectivity index (χ1v) is 12.9. The summed E-state index contributed by atoms with van der Waals surface area (Å²) in [4.78, 5) is 5.96. The predicted molar refractivity (Wildman–Crippen MR) is 137 cm³/mol. The SMILES string of the molecule is CSc1ccc(Cc2nn(CN3CCN(C)CC3)c(=S)n2/N=C/c2ccc3c(c2)OCO3)cc1. The van der Waals surface area contributed by atoms with Crippen molar-refractivity contribution in [3.63, 3.8) is 0 Å². The monoisotopic (exact) mass is 496 g/mol. The van der Waals surface area contributed by atoms with Gasteiger partial charge in [0.15, 0.2) is 17.3 Å². The molecule has 1 saturated heterocycles. The molecule has 5 rings (SSSR count). The average Bonchev–Trinajstić information content (AvgIpc) is 3.44. The molecule has 0 amide bonds. The van der Waals surface area contributed by atoms with Crippen molar-refractivity contribution in [2.45, 2.75) is 18.0 Å². The minimum atomic E-state index is 0.250. The molecule has 10 heteroatoms. The summed E-state index contributed by atoms with van der Waals surface area (Å²) in [5.41, 5.74) is 2.08. The summed E-state index contributed by atoms with van der Waals surface area (Å²) in [6, 6.07) is 14.3. The van der Waals surface area contributed by atoms with Crippen LogP contribution in [0, 0.1) is 4.77 Å². The van der Waals surface area contributed by atoms with E-state index in [0.29, 0.717) is 17.9 Å². The van der Waals surface area contributed by atoms with Gasteiger partial charge in [0.1, 0.15) is 0 Å². The molecule has 3 aromatic rings. The summed E-state index contributed by atoms with van der Waals surface area (Å²) in [7, 11) is 2.16. The molecule has 2 aromatic carbocycles. The highest BCUT2D eigenvalue weighted by atomic mass is 32.2. The van der Waals surface area contributed by atoms with Gasteiger partial charge < -0.3 is 14.4 Å². The van der Waals surface area contributed by atoms with Gasteiger partial charge in [-0.25, -0.2) is 4.68 Å². The van der Waals surface area contributed by atoms with Crippen molar-refractivity contribution in [2.24, 2.45) is 5.10 Å². The lowest BCUT2D eigenvalue weighted by Crippen LogP contribution is -2.45. The first-order valence-electron chi connectivity index (χ1n) is 11.3. The summed E-state index contributed by atoms with van der Waals surface area (Å²) in [5.74, 6) is 2.29. The third kappa shape index (κ3) is 5.20. The Morgan fingerprint density at radius 1 is 1.06 bits per heavy atom. The van der Waals surface area contributed by atoms with Crippen LogP contribution in [0.15, 0.2) is 52.5 Å². The molecule has 1 fully saturated rings. The highest BCUT2D eigenvalue weighted by molar-refractivity contribution is 7.98. The van der Waals surface area contributed by atoms with Gasteiger partial charge in [0.2, 0.25) is 11.6 Å². The Balaban J connectivity index is 1.43. The van der Waals surface area contributed by atoms with Crippen molar-refractivity contribution in [2.75, 3.05) is 46.3 Å². The number of nitrogens with zero attached hydrogens (tertiary/aromatic N) is 6. The number of benzene rings is 2. The summed E-state index contributed by atoms with van der Waals surface area (Å²) < 4.78 is 15.2. The van der Waals surface area contributed by atoms with Gasteiger partial charge in [-0.05, 0) is 67.0 Å². The second kappa shape index (κ2) is 10.3. The summed E-state index contributed by atoms with van der Waals surface area (Å²) in [5, 5.41) is 9.62. The standard InChI is InChI=1S/C24H28N6O2S2/c1-27-9-11-28(12-10-27)16-29-24(33)30(23(26-29)14-18-3-6-20(34-2)7-4-18)25-15-19-5-8-21-22(13-19)32-17-31-21/h3-8,13,15H,9-12,14,16-17H2,1-2H3/b25-15+. The normalized spacial score (nSPS) is 16.5. The quantitative estimate of drug-likeness (QED) is 0.282. The van der Waals surface area contributed by atoms with E-state index in [9.17, 15) is 0 Å². The molecule has 0 spiro atoms. The van der Waals surface area contributed by atoms with Crippen LogP contribution in [-0.2, 0) is 13.1 Å². The van der Waals surface area contributed by atoms with Crippen molar-refractivity contribution in [3.05, 3.63) is 64.2 Å². The maximum atomic E-state index is 5.82. The van der Waals surface area contributed by atoms with Crippen LogP contribution in [0.3, 0.4) is 0 Å². The minimum Gasteiger partial charge on any atom is -0.454 e. The molecule has 0 aliphatic carbocycles. The number of ether oxygens (including phenoxy) is 2. The Hall–Kier alpha value is -2.66. The first-order chi connectivity index (χ1) is 16.6. The van der Waals surface area contributed by atoms with Crippen molar-refractivity contribution < 1.29 is 9.47 Å². The van der Waals surface area contributed by atoms with Crippen molar-refractivity contribution in [3.8, 4) is 11.5 Å². The van der Waals surface area contributed by atoms with E-state index >= 15 is 0 Å². The Kier molecular flexibility index (Phi) is 7.00. The molecule has 0 bridgehead atoms. The van der Waals surface area contributed by atoms with Gasteiger partial charge in [-0.3, -0.25) is 4.90 Å². The van der Waals surface area contributed by atoms with Gasteiger partial charge in [-0.1, -0.05) is 12.1 Å². The number of fused-ring (bicyclic) bond motifs is 1. The smallest absolute Gasteiger partial charge is 0.231 e. The number of piperazine rings is 1. The highest BCUT2D eigenvalue weighted by Crippen LogP contribution is 2.32. The number of rotatable bonds is 7. The van der Waals surface area contributed by atoms with Gasteiger partial charge in [-0.15, -0.1) is 11.8 Å². The Morgan fingerprint density at radius 2 is 1.82 bits per heavy atom. The molecule has 8 nitrogen and oxygen atoms in total. The Morgan fingerprint density at radius 3 is 2.59 bits per heavy atom. The number of likely N-dealkylation sites (N-methyl/N-ethyl adjacent to an activating group) is 1. The third-order valence-corrected chi connectivity index (χ3v) is 7.18. The number of thioether (sulfide) groups is 1. The fraction of sp³-hybridized carbons (Fsp3) is 0.375. The van der Waals surface area contributed by atoms with Gasteiger partial charge in [0, 0.05) is 37.5 Å². The van der Waals surface area contributed by atoms with E-state index in [-0.39, 0.29) is 6.79 Å². The van der Waals surface area contributed by atoms with Crippen LogP contribution in [0.2, 0.25) is 0 Å². The third-order valence-electron chi connectivity index (χ3n) is 6.05. The lowest BCUT2D eigenvalue weighted by atomic mass is 10.1. The van der Waals surface area contributed by atoms with Crippen molar-refractivity contribution in [1.29, 1.82) is 0 Å². The minimum absolute atomic E-state index is 0.250. The maximum Gasteiger partial charge on any atom is 0.231 e. The van der Waals surface area contributed by atoms with E-state index in [4.69, 9.17) is 31.9 Å². The fourth-order valence-electron chi connectivity index (χ4n) is 3.99. The second-order valence-electron chi connectivity index (χ2n) is 8.45. The Labute approximate surface area is 208 Å². The predicted octanol–water partition coefficient (Wildman–Crippen LogP) is 3.54. The Bertz CT molecular complexity index is 1230. The second-order valence-corrected chi connectivity index (χ2v) is 9.70. The largest absolute Gasteiger partial charge is 0.454 e. The lowest BCUT2D eigenvalue weighted by Gasteiger charge is -2.31. The molecule has 2 aliphatic rings. The van der Waals surface area contributed by atoms with E-state index in [1.54, 1.807) is 22.7 Å². The molecule has 0 radical (unpaired) electrons. The lowest BCUT2D eigenvalue weighted by molar-refractivity contribution is 0.118. The van der Waals surface area contributed by atoms with E-state index < -0.39 is 0 Å². The molecule has 34 heavy (non-hydrogen) atoms. The molecular weight excluding hydrogens is 468 g/mol. The van der Waals surface area contributed by atoms with Crippen molar-refractivity contribution >= 4 is 30.2 Å². The maximum absolute atomic E-state index is 5.82. The number of hydrogen-bond acceptors (Lipinski definition) is 8. The highest BCUT2D eigenvalue weighted by Gasteiger charge is 2.18.